The van der Waals surface area contributed by atoms with Gasteiger partial charge in [0.25, 0.3) is 0 Å². The van der Waals surface area contributed by atoms with E-state index in [4.69, 9.17) is 27.9 Å². The van der Waals surface area contributed by atoms with Gasteiger partial charge in [0.05, 0.1) is 17.8 Å². The highest BCUT2D eigenvalue weighted by atomic mass is 35.5. The molecule has 0 aliphatic heterocycles. The van der Waals surface area contributed by atoms with Crippen molar-refractivity contribution in [3.63, 3.8) is 0 Å². The standard InChI is InChI=1S/C13H12Cl2N2O/c1-3-9-12(16-7-17-13(9)15)8-4-5-10(14)11(6-8)18-2/h4-7H,3H2,1-2H3. The molecule has 0 atom stereocenters. The van der Waals surface area contributed by atoms with Gasteiger partial charge in [-0.15, -0.1) is 0 Å². The second-order valence-corrected chi connectivity index (χ2v) is 4.46. The zero-order valence-electron chi connectivity index (χ0n) is 10.1. The molecule has 0 N–H and O–H groups in total. The monoisotopic (exact) mass is 282 g/mol. The number of rotatable bonds is 3. The SMILES string of the molecule is CCc1c(Cl)ncnc1-c1ccc(Cl)c(OC)c1. The fraction of sp³-hybridized carbons (Fsp3) is 0.231. The summed E-state index contributed by atoms with van der Waals surface area (Å²) in [7, 11) is 1.58. The molecule has 2 aromatic rings. The van der Waals surface area contributed by atoms with Crippen LogP contribution in [0.4, 0.5) is 0 Å². The lowest BCUT2D eigenvalue weighted by molar-refractivity contribution is 0.415. The van der Waals surface area contributed by atoms with Gasteiger partial charge in [-0.25, -0.2) is 9.97 Å². The highest BCUT2D eigenvalue weighted by Gasteiger charge is 2.12. The van der Waals surface area contributed by atoms with E-state index in [-0.39, 0.29) is 0 Å². The fourth-order valence-electron chi connectivity index (χ4n) is 1.76. The molecule has 0 radical (unpaired) electrons. The minimum Gasteiger partial charge on any atom is -0.495 e. The lowest BCUT2D eigenvalue weighted by Crippen LogP contribution is -1.96. The summed E-state index contributed by atoms with van der Waals surface area (Å²) < 4.78 is 5.20. The zero-order valence-corrected chi connectivity index (χ0v) is 11.6. The average Bonchev–Trinajstić information content (AvgIpc) is 2.39. The number of halogens is 2. The Morgan fingerprint density at radius 1 is 1.22 bits per heavy atom. The first-order chi connectivity index (χ1) is 8.67. The Hall–Kier alpha value is -1.32. The van der Waals surface area contributed by atoms with Crippen LogP contribution >= 0.6 is 23.2 Å². The van der Waals surface area contributed by atoms with E-state index >= 15 is 0 Å². The molecular weight excluding hydrogens is 271 g/mol. The molecule has 18 heavy (non-hydrogen) atoms. The largest absolute Gasteiger partial charge is 0.495 e. The minimum atomic E-state index is 0.483. The topological polar surface area (TPSA) is 35.0 Å². The Kier molecular flexibility index (Phi) is 4.04. The summed E-state index contributed by atoms with van der Waals surface area (Å²) in [6.45, 7) is 2.02. The first-order valence-electron chi connectivity index (χ1n) is 5.50. The van der Waals surface area contributed by atoms with Gasteiger partial charge in [0, 0.05) is 11.1 Å². The van der Waals surface area contributed by atoms with E-state index in [0.29, 0.717) is 15.9 Å². The summed E-state index contributed by atoms with van der Waals surface area (Å²) in [5.74, 6) is 0.617. The molecule has 2 rings (SSSR count). The lowest BCUT2D eigenvalue weighted by atomic mass is 10.1. The molecule has 3 nitrogen and oxygen atoms in total. The third-order valence-corrected chi connectivity index (χ3v) is 3.31. The van der Waals surface area contributed by atoms with Crippen molar-refractivity contribution in [3.05, 3.63) is 40.3 Å². The first kappa shape index (κ1) is 13.1. The fourth-order valence-corrected chi connectivity index (χ4v) is 2.22. The Labute approximate surface area is 116 Å². The van der Waals surface area contributed by atoms with Crippen molar-refractivity contribution in [2.75, 3.05) is 7.11 Å². The van der Waals surface area contributed by atoms with Gasteiger partial charge in [0.2, 0.25) is 0 Å². The van der Waals surface area contributed by atoms with Gasteiger partial charge in [-0.2, -0.15) is 0 Å². The number of ether oxygens (including phenoxy) is 1. The van der Waals surface area contributed by atoms with Gasteiger partial charge in [-0.05, 0) is 18.6 Å². The highest BCUT2D eigenvalue weighted by Crippen LogP contribution is 2.32. The molecule has 0 saturated carbocycles. The van der Waals surface area contributed by atoms with E-state index in [1.165, 1.54) is 6.33 Å². The molecule has 0 aliphatic carbocycles. The van der Waals surface area contributed by atoms with Crippen molar-refractivity contribution in [2.24, 2.45) is 0 Å². The molecule has 1 heterocycles. The van der Waals surface area contributed by atoms with Crippen LogP contribution in [0, 0.1) is 0 Å². The number of aromatic nitrogens is 2. The number of methoxy groups -OCH3 is 1. The van der Waals surface area contributed by atoms with E-state index in [1.54, 1.807) is 13.2 Å². The molecule has 0 bridgehead atoms. The van der Waals surface area contributed by atoms with Crippen molar-refractivity contribution in [1.29, 1.82) is 0 Å². The predicted molar refractivity (Wildman–Crippen MR) is 73.4 cm³/mol. The second-order valence-electron chi connectivity index (χ2n) is 3.69. The van der Waals surface area contributed by atoms with Crippen LogP contribution in [0.5, 0.6) is 5.75 Å². The van der Waals surface area contributed by atoms with Gasteiger partial charge in [0.15, 0.2) is 0 Å². The summed E-state index contributed by atoms with van der Waals surface area (Å²) in [5.41, 5.74) is 2.65. The van der Waals surface area contributed by atoms with Crippen molar-refractivity contribution >= 4 is 23.2 Å². The summed E-state index contributed by atoms with van der Waals surface area (Å²) in [5, 5.41) is 1.05. The van der Waals surface area contributed by atoms with Crippen LogP contribution in [0.2, 0.25) is 10.2 Å². The number of benzene rings is 1. The number of hydrogen-bond acceptors (Lipinski definition) is 3. The smallest absolute Gasteiger partial charge is 0.138 e. The van der Waals surface area contributed by atoms with Gasteiger partial charge in [-0.3, -0.25) is 0 Å². The van der Waals surface area contributed by atoms with E-state index in [9.17, 15) is 0 Å². The van der Waals surface area contributed by atoms with Crippen LogP contribution in [-0.2, 0) is 6.42 Å². The van der Waals surface area contributed by atoms with Gasteiger partial charge >= 0.3 is 0 Å². The van der Waals surface area contributed by atoms with Crippen molar-refractivity contribution in [3.8, 4) is 17.0 Å². The maximum Gasteiger partial charge on any atom is 0.138 e. The second kappa shape index (κ2) is 5.55. The molecule has 94 valence electrons. The Morgan fingerprint density at radius 3 is 2.67 bits per heavy atom. The molecule has 0 unspecified atom stereocenters. The molecular formula is C13H12Cl2N2O. The quantitative estimate of drug-likeness (QED) is 0.798. The van der Waals surface area contributed by atoms with Crippen LogP contribution in [-0.4, -0.2) is 17.1 Å². The molecule has 1 aromatic heterocycles. The predicted octanol–water partition coefficient (Wildman–Crippen LogP) is 4.02. The average molecular weight is 283 g/mol. The normalized spacial score (nSPS) is 10.4. The van der Waals surface area contributed by atoms with Crippen LogP contribution < -0.4 is 4.74 Å². The van der Waals surface area contributed by atoms with Crippen LogP contribution in [0.25, 0.3) is 11.3 Å². The minimum absolute atomic E-state index is 0.483. The summed E-state index contributed by atoms with van der Waals surface area (Å²) in [4.78, 5) is 8.28. The maximum absolute atomic E-state index is 6.08. The zero-order chi connectivity index (χ0) is 13.1. The molecule has 0 saturated heterocycles. The Morgan fingerprint density at radius 2 is 2.00 bits per heavy atom. The summed E-state index contributed by atoms with van der Waals surface area (Å²) in [6, 6.07) is 5.52. The van der Waals surface area contributed by atoms with E-state index in [1.807, 2.05) is 19.1 Å². The molecule has 0 spiro atoms. The molecule has 5 heteroatoms. The van der Waals surface area contributed by atoms with E-state index < -0.39 is 0 Å². The summed E-state index contributed by atoms with van der Waals surface area (Å²) >= 11 is 12.1. The van der Waals surface area contributed by atoms with Gasteiger partial charge < -0.3 is 4.74 Å². The van der Waals surface area contributed by atoms with E-state index in [0.717, 1.165) is 23.2 Å². The van der Waals surface area contributed by atoms with Crippen molar-refractivity contribution in [2.45, 2.75) is 13.3 Å². The summed E-state index contributed by atoms with van der Waals surface area (Å²) in [6.07, 6.45) is 2.22. The maximum atomic E-state index is 6.08. The van der Waals surface area contributed by atoms with Crippen LogP contribution in [0.1, 0.15) is 12.5 Å². The Balaban J connectivity index is 2.58. The third kappa shape index (κ3) is 2.42. The van der Waals surface area contributed by atoms with Gasteiger partial charge in [0.1, 0.15) is 17.2 Å². The van der Waals surface area contributed by atoms with E-state index in [2.05, 4.69) is 9.97 Å². The van der Waals surface area contributed by atoms with Gasteiger partial charge in [-0.1, -0.05) is 36.2 Å². The van der Waals surface area contributed by atoms with Crippen LogP contribution in [0.3, 0.4) is 0 Å². The van der Waals surface area contributed by atoms with Crippen molar-refractivity contribution in [1.82, 2.24) is 9.97 Å². The molecule has 1 aromatic carbocycles. The molecule has 0 amide bonds. The highest BCUT2D eigenvalue weighted by molar-refractivity contribution is 6.32. The molecule has 0 fully saturated rings. The molecule has 0 aliphatic rings. The van der Waals surface area contributed by atoms with Crippen LogP contribution in [0.15, 0.2) is 24.5 Å². The number of hydrogen-bond donors (Lipinski definition) is 0. The number of nitrogens with zero attached hydrogens (tertiary/aromatic N) is 2. The first-order valence-corrected chi connectivity index (χ1v) is 6.26. The van der Waals surface area contributed by atoms with Crippen molar-refractivity contribution < 1.29 is 4.74 Å². The third-order valence-electron chi connectivity index (χ3n) is 2.67. The Bertz CT molecular complexity index is 573. The lowest BCUT2D eigenvalue weighted by Gasteiger charge is -2.10.